The summed E-state index contributed by atoms with van der Waals surface area (Å²) < 4.78 is 5.40. The lowest BCUT2D eigenvalue weighted by Crippen LogP contribution is -2.31. The van der Waals surface area contributed by atoms with Crippen LogP contribution in [-0.2, 0) is 6.42 Å². The first kappa shape index (κ1) is 15.2. The van der Waals surface area contributed by atoms with Crippen LogP contribution in [0.1, 0.15) is 44.6 Å². The number of nitrogens with one attached hydrogen (secondary N) is 1. The Morgan fingerprint density at radius 3 is 2.80 bits per heavy atom. The maximum Gasteiger partial charge on any atom is 0.228 e. The molecule has 110 valence electrons. The van der Waals surface area contributed by atoms with E-state index in [4.69, 9.17) is 4.52 Å². The summed E-state index contributed by atoms with van der Waals surface area (Å²) in [5, 5.41) is 11.8. The number of nitrogens with zero attached hydrogens (tertiary/aromatic N) is 2. The van der Waals surface area contributed by atoms with Crippen molar-refractivity contribution in [2.45, 2.75) is 52.5 Å². The molecule has 5 heteroatoms. The van der Waals surface area contributed by atoms with Crippen LogP contribution in [0.15, 0.2) is 15.3 Å². The molecule has 0 spiro atoms. The molecule has 0 fully saturated rings. The van der Waals surface area contributed by atoms with E-state index in [2.05, 4.69) is 47.0 Å². The average Bonchev–Trinajstić information content (AvgIpc) is 3.05. The zero-order chi connectivity index (χ0) is 14.4. The van der Waals surface area contributed by atoms with E-state index in [9.17, 15) is 0 Å². The fraction of sp³-hybridized carbons (Fsp3) is 0.600. The Labute approximate surface area is 124 Å². The predicted molar refractivity (Wildman–Crippen MR) is 83.0 cm³/mol. The van der Waals surface area contributed by atoms with Gasteiger partial charge in [0.2, 0.25) is 11.7 Å². The lowest BCUT2D eigenvalue weighted by atomic mass is 10.1. The molecule has 2 aromatic heterocycles. The van der Waals surface area contributed by atoms with E-state index in [1.54, 1.807) is 11.3 Å². The van der Waals surface area contributed by atoms with Gasteiger partial charge < -0.3 is 9.84 Å². The molecule has 2 heterocycles. The van der Waals surface area contributed by atoms with Crippen molar-refractivity contribution in [3.8, 4) is 11.4 Å². The van der Waals surface area contributed by atoms with Crippen LogP contribution in [0, 0.1) is 6.92 Å². The summed E-state index contributed by atoms with van der Waals surface area (Å²) in [5.74, 6) is 1.44. The van der Waals surface area contributed by atoms with Crippen molar-refractivity contribution < 1.29 is 4.52 Å². The second-order valence-corrected chi connectivity index (χ2v) is 5.87. The number of aryl methyl sites for hydroxylation is 1. The van der Waals surface area contributed by atoms with Gasteiger partial charge in [0.15, 0.2) is 0 Å². The van der Waals surface area contributed by atoms with Crippen LogP contribution in [0.2, 0.25) is 0 Å². The number of hydrogen-bond donors (Lipinski definition) is 1. The summed E-state index contributed by atoms with van der Waals surface area (Å²) in [5.41, 5.74) is 2.29. The van der Waals surface area contributed by atoms with E-state index in [0.717, 1.165) is 43.7 Å². The van der Waals surface area contributed by atoms with E-state index in [0.29, 0.717) is 11.9 Å². The first-order chi connectivity index (χ1) is 9.74. The van der Waals surface area contributed by atoms with E-state index in [1.807, 2.05) is 0 Å². The summed E-state index contributed by atoms with van der Waals surface area (Å²) in [6, 6.07) is 0.428. The first-order valence-corrected chi connectivity index (χ1v) is 8.28. The third-order valence-electron chi connectivity index (χ3n) is 3.31. The lowest BCUT2D eigenvalue weighted by molar-refractivity contribution is 0.350. The van der Waals surface area contributed by atoms with E-state index >= 15 is 0 Å². The second kappa shape index (κ2) is 7.55. The Hall–Kier alpha value is -1.20. The van der Waals surface area contributed by atoms with Gasteiger partial charge in [-0.1, -0.05) is 25.4 Å². The lowest BCUT2D eigenvalue weighted by Gasteiger charge is -2.15. The molecule has 0 radical (unpaired) electrons. The highest BCUT2D eigenvalue weighted by atomic mass is 32.1. The standard InChI is InChI=1S/C15H23N3OS/c1-4-6-12(16-7-5-2)8-14-17-15(18-19-14)13-10-20-9-11(13)3/h9-10,12,16H,4-8H2,1-3H3. The van der Waals surface area contributed by atoms with Gasteiger partial charge in [0.1, 0.15) is 0 Å². The summed E-state index contributed by atoms with van der Waals surface area (Å²) in [4.78, 5) is 4.53. The van der Waals surface area contributed by atoms with Crippen LogP contribution in [0.5, 0.6) is 0 Å². The van der Waals surface area contributed by atoms with Crippen molar-refractivity contribution in [2.24, 2.45) is 0 Å². The third-order valence-corrected chi connectivity index (χ3v) is 4.17. The fourth-order valence-corrected chi connectivity index (χ4v) is 3.05. The van der Waals surface area contributed by atoms with Crippen molar-refractivity contribution in [1.82, 2.24) is 15.5 Å². The van der Waals surface area contributed by atoms with E-state index in [1.165, 1.54) is 5.56 Å². The molecule has 20 heavy (non-hydrogen) atoms. The molecule has 0 aliphatic heterocycles. The summed E-state index contributed by atoms with van der Waals surface area (Å²) in [6.45, 7) is 7.49. The quantitative estimate of drug-likeness (QED) is 0.804. The van der Waals surface area contributed by atoms with Gasteiger partial charge >= 0.3 is 0 Å². The molecule has 2 rings (SSSR count). The van der Waals surface area contributed by atoms with Crippen LogP contribution in [-0.4, -0.2) is 22.7 Å². The zero-order valence-corrected chi connectivity index (χ0v) is 13.3. The number of aromatic nitrogens is 2. The van der Waals surface area contributed by atoms with Gasteiger partial charge in [-0.05, 0) is 37.3 Å². The topological polar surface area (TPSA) is 51.0 Å². The minimum absolute atomic E-state index is 0.428. The second-order valence-electron chi connectivity index (χ2n) is 5.12. The van der Waals surface area contributed by atoms with Crippen LogP contribution in [0.25, 0.3) is 11.4 Å². The molecule has 0 aliphatic carbocycles. The molecular weight excluding hydrogens is 270 g/mol. The predicted octanol–water partition coefficient (Wildman–Crippen LogP) is 3.82. The fourth-order valence-electron chi connectivity index (χ4n) is 2.22. The summed E-state index contributed by atoms with van der Waals surface area (Å²) in [7, 11) is 0. The zero-order valence-electron chi connectivity index (χ0n) is 12.5. The van der Waals surface area contributed by atoms with Gasteiger partial charge in [-0.3, -0.25) is 0 Å². The van der Waals surface area contributed by atoms with Gasteiger partial charge in [0, 0.05) is 23.4 Å². The van der Waals surface area contributed by atoms with Crippen molar-refractivity contribution in [2.75, 3.05) is 6.54 Å². The largest absolute Gasteiger partial charge is 0.339 e. The van der Waals surface area contributed by atoms with Crippen molar-refractivity contribution >= 4 is 11.3 Å². The first-order valence-electron chi connectivity index (χ1n) is 7.33. The van der Waals surface area contributed by atoms with Gasteiger partial charge in [0.05, 0.1) is 0 Å². The van der Waals surface area contributed by atoms with Crippen LogP contribution < -0.4 is 5.32 Å². The van der Waals surface area contributed by atoms with E-state index in [-0.39, 0.29) is 0 Å². The van der Waals surface area contributed by atoms with Crippen LogP contribution in [0.4, 0.5) is 0 Å². The highest BCUT2D eigenvalue weighted by Crippen LogP contribution is 2.24. The molecule has 0 aromatic carbocycles. The molecule has 2 aromatic rings. The SMILES string of the molecule is CCCNC(CCC)Cc1nc(-c2cscc2C)no1. The van der Waals surface area contributed by atoms with Crippen molar-refractivity contribution in [1.29, 1.82) is 0 Å². The highest BCUT2D eigenvalue weighted by molar-refractivity contribution is 7.08. The highest BCUT2D eigenvalue weighted by Gasteiger charge is 2.15. The molecule has 0 saturated heterocycles. The minimum atomic E-state index is 0.428. The Balaban J connectivity index is 2.02. The molecule has 1 unspecified atom stereocenters. The van der Waals surface area contributed by atoms with Gasteiger partial charge in [0.25, 0.3) is 0 Å². The number of thiophene rings is 1. The third kappa shape index (κ3) is 3.90. The molecule has 0 bridgehead atoms. The van der Waals surface area contributed by atoms with Gasteiger partial charge in [-0.25, -0.2) is 0 Å². The molecule has 4 nitrogen and oxygen atoms in total. The molecule has 1 atom stereocenters. The number of hydrogen-bond acceptors (Lipinski definition) is 5. The maximum atomic E-state index is 5.40. The summed E-state index contributed by atoms with van der Waals surface area (Å²) in [6.07, 6.45) is 4.24. The smallest absolute Gasteiger partial charge is 0.228 e. The van der Waals surface area contributed by atoms with Crippen molar-refractivity contribution in [3.63, 3.8) is 0 Å². The van der Waals surface area contributed by atoms with Crippen LogP contribution >= 0.6 is 11.3 Å². The van der Waals surface area contributed by atoms with Gasteiger partial charge in [-0.15, -0.1) is 0 Å². The normalized spacial score (nSPS) is 12.8. The monoisotopic (exact) mass is 293 g/mol. The Morgan fingerprint density at radius 2 is 2.15 bits per heavy atom. The summed E-state index contributed by atoms with van der Waals surface area (Å²) >= 11 is 1.67. The van der Waals surface area contributed by atoms with Gasteiger partial charge in [-0.2, -0.15) is 16.3 Å². The average molecular weight is 293 g/mol. The van der Waals surface area contributed by atoms with E-state index < -0.39 is 0 Å². The van der Waals surface area contributed by atoms with Crippen LogP contribution in [0.3, 0.4) is 0 Å². The number of rotatable bonds is 8. The molecular formula is C15H23N3OS. The Bertz CT molecular complexity index is 521. The Morgan fingerprint density at radius 1 is 1.30 bits per heavy atom. The molecule has 1 N–H and O–H groups in total. The van der Waals surface area contributed by atoms with Crippen molar-refractivity contribution in [3.05, 3.63) is 22.2 Å². The molecule has 0 aliphatic rings. The molecule has 0 saturated carbocycles. The Kier molecular flexibility index (Phi) is 5.73. The molecule has 0 amide bonds. The minimum Gasteiger partial charge on any atom is -0.339 e. The maximum absolute atomic E-state index is 5.40.